The lowest BCUT2D eigenvalue weighted by molar-refractivity contribution is 0.421. The van der Waals surface area contributed by atoms with Gasteiger partial charge in [-0.15, -0.1) is 0 Å². The smallest absolute Gasteiger partial charge is 0.150 e. The summed E-state index contributed by atoms with van der Waals surface area (Å²) in [6.07, 6.45) is 2.48. The summed E-state index contributed by atoms with van der Waals surface area (Å²) in [5.41, 5.74) is 0.122. The van der Waals surface area contributed by atoms with Crippen LogP contribution in [-0.2, 0) is 9.84 Å². The van der Waals surface area contributed by atoms with E-state index in [1.807, 2.05) is 0 Å². The van der Waals surface area contributed by atoms with Crippen LogP contribution in [0.25, 0.3) is 0 Å². The third-order valence-corrected chi connectivity index (χ3v) is 4.31. The molecule has 0 spiro atoms. The molecule has 3 nitrogen and oxygen atoms in total. The van der Waals surface area contributed by atoms with Gasteiger partial charge in [-0.3, -0.25) is 0 Å². The Bertz CT molecular complexity index is 289. The van der Waals surface area contributed by atoms with E-state index in [4.69, 9.17) is 0 Å². The predicted octanol–water partition coefficient (Wildman–Crippen LogP) is 2.62. The lowest BCUT2D eigenvalue weighted by Crippen LogP contribution is -2.36. The van der Waals surface area contributed by atoms with E-state index in [1.165, 1.54) is 0 Å². The van der Waals surface area contributed by atoms with Gasteiger partial charge in [-0.25, -0.2) is 8.42 Å². The SMILES string of the molecule is CC(C)CCS(=O)(=O)CCCCNC(C)(C)C. The maximum Gasteiger partial charge on any atom is 0.150 e. The molecule has 0 atom stereocenters. The van der Waals surface area contributed by atoms with Gasteiger partial charge in [0.15, 0.2) is 0 Å². The van der Waals surface area contributed by atoms with Gasteiger partial charge in [0.2, 0.25) is 0 Å². The van der Waals surface area contributed by atoms with Gasteiger partial charge in [0.05, 0.1) is 11.5 Å². The molecule has 0 aliphatic heterocycles. The molecule has 0 aromatic carbocycles. The zero-order valence-corrected chi connectivity index (χ0v) is 12.9. The zero-order chi connectivity index (χ0) is 13.5. The first-order valence-corrected chi connectivity index (χ1v) is 8.40. The highest BCUT2D eigenvalue weighted by molar-refractivity contribution is 7.91. The maximum absolute atomic E-state index is 11.7. The van der Waals surface area contributed by atoms with Crippen LogP contribution in [0.1, 0.15) is 53.9 Å². The lowest BCUT2D eigenvalue weighted by atomic mass is 10.1. The van der Waals surface area contributed by atoms with Gasteiger partial charge >= 0.3 is 0 Å². The van der Waals surface area contributed by atoms with E-state index in [0.29, 0.717) is 17.4 Å². The number of hydrogen-bond donors (Lipinski definition) is 1. The molecule has 0 saturated heterocycles. The van der Waals surface area contributed by atoms with E-state index in [-0.39, 0.29) is 5.54 Å². The van der Waals surface area contributed by atoms with E-state index in [0.717, 1.165) is 25.8 Å². The van der Waals surface area contributed by atoms with Crippen LogP contribution in [-0.4, -0.2) is 32.0 Å². The highest BCUT2D eigenvalue weighted by Gasteiger charge is 2.12. The molecular weight excluding hydrogens is 234 g/mol. The molecule has 0 unspecified atom stereocenters. The fourth-order valence-electron chi connectivity index (χ4n) is 1.43. The average Bonchev–Trinajstić information content (AvgIpc) is 2.12. The monoisotopic (exact) mass is 263 g/mol. The summed E-state index contributed by atoms with van der Waals surface area (Å²) in [7, 11) is -2.82. The molecule has 17 heavy (non-hydrogen) atoms. The first-order valence-electron chi connectivity index (χ1n) is 6.58. The Morgan fingerprint density at radius 1 is 1.06 bits per heavy atom. The van der Waals surface area contributed by atoms with Crippen LogP contribution >= 0.6 is 0 Å². The van der Waals surface area contributed by atoms with Crippen molar-refractivity contribution in [1.29, 1.82) is 0 Å². The van der Waals surface area contributed by atoms with Gasteiger partial charge in [-0.05, 0) is 52.5 Å². The van der Waals surface area contributed by atoms with Gasteiger partial charge in [-0.2, -0.15) is 0 Å². The molecule has 0 rings (SSSR count). The van der Waals surface area contributed by atoms with Crippen molar-refractivity contribution in [3.8, 4) is 0 Å². The van der Waals surface area contributed by atoms with Gasteiger partial charge in [0, 0.05) is 5.54 Å². The minimum absolute atomic E-state index is 0.122. The molecule has 0 aliphatic carbocycles. The van der Waals surface area contributed by atoms with Gasteiger partial charge < -0.3 is 5.32 Å². The van der Waals surface area contributed by atoms with Crippen molar-refractivity contribution in [2.75, 3.05) is 18.1 Å². The molecule has 0 bridgehead atoms. The standard InChI is InChI=1S/C13H29NO2S/c1-12(2)8-11-17(15,16)10-7-6-9-14-13(3,4)5/h12,14H,6-11H2,1-5H3. The molecule has 0 fully saturated rings. The number of nitrogens with one attached hydrogen (secondary N) is 1. The largest absolute Gasteiger partial charge is 0.312 e. The van der Waals surface area contributed by atoms with Crippen LogP contribution in [0.5, 0.6) is 0 Å². The van der Waals surface area contributed by atoms with Crippen molar-refractivity contribution in [2.45, 2.75) is 59.4 Å². The van der Waals surface area contributed by atoms with Crippen LogP contribution in [0, 0.1) is 5.92 Å². The third kappa shape index (κ3) is 12.2. The summed E-state index contributed by atoms with van der Waals surface area (Å²) in [5, 5.41) is 3.36. The van der Waals surface area contributed by atoms with Gasteiger partial charge in [0.25, 0.3) is 0 Å². The predicted molar refractivity (Wildman–Crippen MR) is 75.1 cm³/mol. The zero-order valence-electron chi connectivity index (χ0n) is 12.0. The molecule has 0 radical (unpaired) electrons. The summed E-state index contributed by atoms with van der Waals surface area (Å²) < 4.78 is 23.3. The van der Waals surface area contributed by atoms with Gasteiger partial charge in [0.1, 0.15) is 9.84 Å². The van der Waals surface area contributed by atoms with Crippen molar-refractivity contribution in [1.82, 2.24) is 5.32 Å². The Morgan fingerprint density at radius 2 is 1.65 bits per heavy atom. The molecule has 0 amide bonds. The Kier molecular flexibility index (Phi) is 7.33. The summed E-state index contributed by atoms with van der Waals surface area (Å²) in [5.74, 6) is 1.15. The topological polar surface area (TPSA) is 46.2 Å². The second kappa shape index (κ2) is 7.37. The molecule has 0 aliphatic rings. The lowest BCUT2D eigenvalue weighted by Gasteiger charge is -2.20. The van der Waals surface area contributed by atoms with Crippen LogP contribution < -0.4 is 5.32 Å². The van der Waals surface area contributed by atoms with E-state index in [1.54, 1.807) is 0 Å². The highest BCUT2D eigenvalue weighted by Crippen LogP contribution is 2.06. The highest BCUT2D eigenvalue weighted by atomic mass is 32.2. The van der Waals surface area contributed by atoms with Crippen LogP contribution in [0.15, 0.2) is 0 Å². The second-order valence-corrected chi connectivity index (χ2v) is 8.52. The van der Waals surface area contributed by atoms with E-state index >= 15 is 0 Å². The van der Waals surface area contributed by atoms with Crippen LogP contribution in [0.2, 0.25) is 0 Å². The number of unbranched alkanes of at least 4 members (excludes halogenated alkanes) is 1. The second-order valence-electron chi connectivity index (χ2n) is 6.22. The maximum atomic E-state index is 11.7. The summed E-state index contributed by atoms with van der Waals surface area (Å²) in [6, 6.07) is 0. The number of rotatable bonds is 8. The number of hydrogen-bond acceptors (Lipinski definition) is 3. The summed E-state index contributed by atoms with van der Waals surface area (Å²) in [6.45, 7) is 11.4. The van der Waals surface area contributed by atoms with Crippen molar-refractivity contribution < 1.29 is 8.42 Å². The summed E-state index contributed by atoms with van der Waals surface area (Å²) in [4.78, 5) is 0. The molecule has 0 saturated carbocycles. The Labute approximate surface area is 107 Å². The third-order valence-electron chi connectivity index (χ3n) is 2.54. The van der Waals surface area contributed by atoms with Crippen molar-refractivity contribution in [3.05, 3.63) is 0 Å². The van der Waals surface area contributed by atoms with Crippen LogP contribution in [0.4, 0.5) is 0 Å². The van der Waals surface area contributed by atoms with E-state index in [9.17, 15) is 8.42 Å². The van der Waals surface area contributed by atoms with Crippen molar-refractivity contribution >= 4 is 9.84 Å². The Morgan fingerprint density at radius 3 is 2.12 bits per heavy atom. The fourth-order valence-corrected chi connectivity index (χ4v) is 3.11. The molecule has 1 N–H and O–H groups in total. The molecule has 0 aromatic heterocycles. The Balaban J connectivity index is 3.67. The molecular formula is C13H29NO2S. The minimum Gasteiger partial charge on any atom is -0.312 e. The molecule has 0 aromatic rings. The normalized spacial score (nSPS) is 13.3. The quantitative estimate of drug-likeness (QED) is 0.685. The Hall–Kier alpha value is -0.0900. The van der Waals surface area contributed by atoms with E-state index in [2.05, 4.69) is 39.9 Å². The van der Waals surface area contributed by atoms with Crippen LogP contribution in [0.3, 0.4) is 0 Å². The minimum atomic E-state index is -2.82. The average molecular weight is 263 g/mol. The molecule has 4 heteroatoms. The molecule has 0 heterocycles. The first-order chi connectivity index (χ1) is 7.62. The van der Waals surface area contributed by atoms with Crippen molar-refractivity contribution in [3.63, 3.8) is 0 Å². The molecule has 104 valence electrons. The summed E-state index contributed by atoms with van der Waals surface area (Å²) >= 11 is 0. The first kappa shape index (κ1) is 16.9. The van der Waals surface area contributed by atoms with Gasteiger partial charge in [-0.1, -0.05) is 13.8 Å². The number of sulfone groups is 1. The fraction of sp³-hybridized carbons (Fsp3) is 1.00. The van der Waals surface area contributed by atoms with E-state index < -0.39 is 9.84 Å². The van der Waals surface area contributed by atoms with Crippen molar-refractivity contribution in [2.24, 2.45) is 5.92 Å².